The first kappa shape index (κ1) is 15.0. The minimum atomic E-state index is 0.572. The summed E-state index contributed by atoms with van der Waals surface area (Å²) in [6.07, 6.45) is 4.67. The van der Waals surface area contributed by atoms with Crippen LogP contribution < -0.4 is 5.32 Å². The molecule has 1 atom stereocenters. The number of halogens is 1. The fourth-order valence-electron chi connectivity index (χ4n) is 2.75. The van der Waals surface area contributed by atoms with E-state index in [-0.39, 0.29) is 0 Å². The van der Waals surface area contributed by atoms with Crippen LogP contribution in [0.3, 0.4) is 0 Å². The molecule has 1 fully saturated rings. The van der Waals surface area contributed by atoms with E-state index >= 15 is 0 Å². The van der Waals surface area contributed by atoms with Crippen molar-refractivity contribution in [2.24, 2.45) is 5.92 Å². The van der Waals surface area contributed by atoms with Gasteiger partial charge in [-0.1, -0.05) is 41.1 Å². The zero-order chi connectivity index (χ0) is 13.5. The Labute approximate surface area is 125 Å². The molecular weight excluding hydrogens is 302 g/mol. The monoisotopic (exact) mass is 325 g/mol. The van der Waals surface area contributed by atoms with E-state index < -0.39 is 0 Å². The number of hydrogen-bond acceptors (Lipinski definition) is 2. The van der Waals surface area contributed by atoms with E-state index in [9.17, 15) is 0 Å². The molecule has 0 amide bonds. The lowest BCUT2D eigenvalue weighted by atomic mass is 9.87. The van der Waals surface area contributed by atoms with Crippen molar-refractivity contribution in [1.82, 2.24) is 5.32 Å². The Bertz CT molecular complexity index is 377. The molecule has 1 N–H and O–H groups in total. The molecular formula is C16H24BrNO. The zero-order valence-electron chi connectivity index (χ0n) is 11.7. The van der Waals surface area contributed by atoms with Gasteiger partial charge in [-0.15, -0.1) is 0 Å². The lowest BCUT2D eigenvalue weighted by molar-refractivity contribution is 0.0537. The highest BCUT2D eigenvalue weighted by atomic mass is 79.9. The van der Waals surface area contributed by atoms with Crippen molar-refractivity contribution in [1.29, 1.82) is 0 Å². The first-order chi connectivity index (χ1) is 9.31. The number of nitrogens with one attached hydrogen (secondary N) is 1. The minimum absolute atomic E-state index is 0.572. The molecule has 0 bridgehead atoms. The average molecular weight is 326 g/mol. The van der Waals surface area contributed by atoms with Crippen molar-refractivity contribution in [3.8, 4) is 0 Å². The summed E-state index contributed by atoms with van der Waals surface area (Å²) in [5, 5.41) is 3.74. The Morgan fingerprint density at radius 3 is 2.74 bits per heavy atom. The third-order valence-corrected chi connectivity index (χ3v) is 4.66. The molecule has 3 heteroatoms. The Hall–Kier alpha value is -0.380. The molecule has 2 rings (SSSR count). The van der Waals surface area contributed by atoms with E-state index in [1.165, 1.54) is 29.3 Å². The molecule has 106 valence electrons. The summed E-state index contributed by atoms with van der Waals surface area (Å²) in [7, 11) is 0. The van der Waals surface area contributed by atoms with Crippen molar-refractivity contribution in [3.05, 3.63) is 34.3 Å². The molecule has 1 unspecified atom stereocenters. The van der Waals surface area contributed by atoms with Crippen molar-refractivity contribution < 1.29 is 4.74 Å². The minimum Gasteiger partial charge on any atom is -0.381 e. The predicted molar refractivity (Wildman–Crippen MR) is 83.5 cm³/mol. The molecule has 1 aliphatic heterocycles. The van der Waals surface area contributed by atoms with Crippen LogP contribution in [-0.4, -0.2) is 25.8 Å². The molecule has 19 heavy (non-hydrogen) atoms. The second kappa shape index (κ2) is 8.03. The van der Waals surface area contributed by atoms with Gasteiger partial charge in [0.1, 0.15) is 0 Å². The summed E-state index contributed by atoms with van der Waals surface area (Å²) in [5.74, 6) is 0.743. The van der Waals surface area contributed by atoms with Gasteiger partial charge in [-0.05, 0) is 49.8 Å². The van der Waals surface area contributed by atoms with Crippen LogP contribution in [0, 0.1) is 5.92 Å². The first-order valence-corrected chi connectivity index (χ1v) is 8.15. The third-order valence-electron chi connectivity index (χ3n) is 3.89. The van der Waals surface area contributed by atoms with Crippen LogP contribution in [0.5, 0.6) is 0 Å². The van der Waals surface area contributed by atoms with Gasteiger partial charge in [-0.3, -0.25) is 0 Å². The van der Waals surface area contributed by atoms with Crippen LogP contribution in [0.1, 0.15) is 31.7 Å². The SMILES string of the molecule is CCCNC(Cc1ccccc1Br)C1CCOCC1. The Balaban J connectivity index is 2.02. The Morgan fingerprint density at radius 2 is 2.05 bits per heavy atom. The Kier molecular flexibility index (Phi) is 6.35. The first-order valence-electron chi connectivity index (χ1n) is 7.35. The fraction of sp³-hybridized carbons (Fsp3) is 0.625. The summed E-state index contributed by atoms with van der Waals surface area (Å²) in [6, 6.07) is 9.14. The van der Waals surface area contributed by atoms with Crippen molar-refractivity contribution in [3.63, 3.8) is 0 Å². The van der Waals surface area contributed by atoms with Crippen LogP contribution in [-0.2, 0) is 11.2 Å². The van der Waals surface area contributed by atoms with Crippen molar-refractivity contribution in [2.75, 3.05) is 19.8 Å². The van der Waals surface area contributed by atoms with E-state index in [1.54, 1.807) is 0 Å². The van der Waals surface area contributed by atoms with Gasteiger partial charge in [-0.25, -0.2) is 0 Å². The highest BCUT2D eigenvalue weighted by molar-refractivity contribution is 9.10. The smallest absolute Gasteiger partial charge is 0.0469 e. The van der Waals surface area contributed by atoms with Gasteiger partial charge in [0.2, 0.25) is 0 Å². The predicted octanol–water partition coefficient (Wildman–Crippen LogP) is 3.79. The molecule has 1 aliphatic rings. The fourth-order valence-corrected chi connectivity index (χ4v) is 3.20. The maximum Gasteiger partial charge on any atom is 0.0469 e. The van der Waals surface area contributed by atoms with Crippen LogP contribution >= 0.6 is 15.9 Å². The van der Waals surface area contributed by atoms with Crippen molar-refractivity contribution in [2.45, 2.75) is 38.6 Å². The third kappa shape index (κ3) is 4.59. The summed E-state index contributed by atoms with van der Waals surface area (Å²) >= 11 is 3.66. The molecule has 1 heterocycles. The number of rotatable bonds is 6. The van der Waals surface area contributed by atoms with E-state index in [0.29, 0.717) is 6.04 Å². The highest BCUT2D eigenvalue weighted by Crippen LogP contribution is 2.24. The van der Waals surface area contributed by atoms with Crippen LogP contribution in [0.2, 0.25) is 0 Å². The topological polar surface area (TPSA) is 21.3 Å². The average Bonchev–Trinajstić information content (AvgIpc) is 2.46. The highest BCUT2D eigenvalue weighted by Gasteiger charge is 2.24. The zero-order valence-corrected chi connectivity index (χ0v) is 13.3. The molecule has 0 radical (unpaired) electrons. The molecule has 0 aromatic heterocycles. The van der Waals surface area contributed by atoms with Crippen LogP contribution in [0.4, 0.5) is 0 Å². The van der Waals surface area contributed by atoms with Gasteiger partial charge in [0.05, 0.1) is 0 Å². The molecule has 1 aromatic rings. The standard InChI is InChI=1S/C16H24BrNO/c1-2-9-18-16(13-7-10-19-11-8-13)12-14-5-3-4-6-15(14)17/h3-6,13,16,18H,2,7-12H2,1H3. The Morgan fingerprint density at radius 1 is 1.32 bits per heavy atom. The van der Waals surface area contributed by atoms with E-state index in [1.807, 2.05) is 0 Å². The van der Waals surface area contributed by atoms with Gasteiger partial charge in [0.15, 0.2) is 0 Å². The molecule has 1 saturated heterocycles. The maximum atomic E-state index is 5.49. The molecule has 0 spiro atoms. The molecule has 0 saturated carbocycles. The normalized spacial score (nSPS) is 18.4. The maximum absolute atomic E-state index is 5.49. The lowest BCUT2D eigenvalue weighted by Gasteiger charge is -2.31. The largest absolute Gasteiger partial charge is 0.381 e. The lowest BCUT2D eigenvalue weighted by Crippen LogP contribution is -2.41. The summed E-state index contributed by atoms with van der Waals surface area (Å²) in [6.45, 7) is 5.18. The van der Waals surface area contributed by atoms with E-state index in [4.69, 9.17) is 4.74 Å². The van der Waals surface area contributed by atoms with Crippen molar-refractivity contribution >= 4 is 15.9 Å². The van der Waals surface area contributed by atoms with Gasteiger partial charge in [0, 0.05) is 23.7 Å². The molecule has 1 aromatic carbocycles. The quantitative estimate of drug-likeness (QED) is 0.859. The van der Waals surface area contributed by atoms with Gasteiger partial charge >= 0.3 is 0 Å². The second-order valence-electron chi connectivity index (χ2n) is 5.31. The van der Waals surface area contributed by atoms with Crippen LogP contribution in [0.25, 0.3) is 0 Å². The van der Waals surface area contributed by atoms with Gasteiger partial charge in [0.25, 0.3) is 0 Å². The van der Waals surface area contributed by atoms with E-state index in [2.05, 4.69) is 52.4 Å². The van der Waals surface area contributed by atoms with Gasteiger partial charge < -0.3 is 10.1 Å². The number of hydrogen-bond donors (Lipinski definition) is 1. The number of benzene rings is 1. The summed E-state index contributed by atoms with van der Waals surface area (Å²) in [5.41, 5.74) is 1.41. The molecule has 2 nitrogen and oxygen atoms in total. The second-order valence-corrected chi connectivity index (χ2v) is 6.16. The molecule has 0 aliphatic carbocycles. The van der Waals surface area contributed by atoms with Gasteiger partial charge in [-0.2, -0.15) is 0 Å². The van der Waals surface area contributed by atoms with E-state index in [0.717, 1.165) is 32.1 Å². The van der Waals surface area contributed by atoms with Crippen LogP contribution in [0.15, 0.2) is 28.7 Å². The number of ether oxygens (including phenoxy) is 1. The summed E-state index contributed by atoms with van der Waals surface area (Å²) in [4.78, 5) is 0. The summed E-state index contributed by atoms with van der Waals surface area (Å²) < 4.78 is 6.72.